The van der Waals surface area contributed by atoms with Gasteiger partial charge in [-0.3, -0.25) is 9.59 Å². The van der Waals surface area contributed by atoms with Crippen LogP contribution in [0.5, 0.6) is 0 Å². The van der Waals surface area contributed by atoms with Crippen molar-refractivity contribution in [3.63, 3.8) is 0 Å². The zero-order valence-electron chi connectivity index (χ0n) is 18.1. The molecule has 1 heterocycles. The Bertz CT molecular complexity index is 1160. The molecule has 2 aromatic carbocycles. The monoisotopic (exact) mass is 504 g/mol. The summed E-state index contributed by atoms with van der Waals surface area (Å²) >= 11 is 13.7. The summed E-state index contributed by atoms with van der Waals surface area (Å²) in [7, 11) is 0. The van der Waals surface area contributed by atoms with Crippen molar-refractivity contribution >= 4 is 46.4 Å². The van der Waals surface area contributed by atoms with Gasteiger partial charge in [-0.15, -0.1) is 11.3 Å². The lowest BCUT2D eigenvalue weighted by molar-refractivity contribution is -0.133. The summed E-state index contributed by atoms with van der Waals surface area (Å²) in [6, 6.07) is 12.9. The summed E-state index contributed by atoms with van der Waals surface area (Å²) in [5.41, 5.74) is 2.35. The van der Waals surface area contributed by atoms with Gasteiger partial charge in [0.2, 0.25) is 5.91 Å². The number of rotatable bonds is 8. The van der Waals surface area contributed by atoms with Crippen LogP contribution in [0.25, 0.3) is 0 Å². The summed E-state index contributed by atoms with van der Waals surface area (Å²) in [5.74, 6) is -0.719. The van der Waals surface area contributed by atoms with E-state index in [0.717, 1.165) is 28.8 Å². The highest BCUT2D eigenvalue weighted by atomic mass is 35.5. The molecule has 2 amide bonds. The largest absolute Gasteiger partial charge is 0.332 e. The van der Waals surface area contributed by atoms with Gasteiger partial charge in [0.05, 0.1) is 16.6 Å². The number of hydrogen-bond acceptors (Lipinski definition) is 3. The van der Waals surface area contributed by atoms with Crippen LogP contribution in [0, 0.1) is 12.7 Å². The van der Waals surface area contributed by atoms with Crippen molar-refractivity contribution in [3.8, 4) is 0 Å². The lowest BCUT2D eigenvalue weighted by Crippen LogP contribution is -2.43. The Kier molecular flexibility index (Phi) is 7.37. The third-order valence-electron chi connectivity index (χ3n) is 5.66. The van der Waals surface area contributed by atoms with Crippen LogP contribution in [0.2, 0.25) is 10.0 Å². The zero-order valence-corrected chi connectivity index (χ0v) is 20.4. The van der Waals surface area contributed by atoms with Crippen LogP contribution in [0.15, 0.2) is 53.9 Å². The number of amides is 2. The predicted molar refractivity (Wildman–Crippen MR) is 130 cm³/mol. The van der Waals surface area contributed by atoms with Crippen LogP contribution in [-0.4, -0.2) is 34.2 Å². The van der Waals surface area contributed by atoms with Gasteiger partial charge >= 0.3 is 0 Å². The molecule has 8 heteroatoms. The fourth-order valence-electron chi connectivity index (χ4n) is 3.58. The molecule has 1 aliphatic carbocycles. The number of nitrogens with zero attached hydrogens (tertiary/aromatic N) is 2. The number of carbonyl (C=O) groups excluding carboxylic acids is 2. The molecular weight excluding hydrogens is 482 g/mol. The van der Waals surface area contributed by atoms with Gasteiger partial charge in [0.1, 0.15) is 12.4 Å². The Morgan fingerprint density at radius 3 is 2.36 bits per heavy atom. The molecule has 1 aliphatic rings. The van der Waals surface area contributed by atoms with Gasteiger partial charge in [-0.25, -0.2) is 4.39 Å². The fourth-order valence-corrected chi connectivity index (χ4v) is 4.79. The second kappa shape index (κ2) is 10.2. The smallest absolute Gasteiger partial charge is 0.254 e. The number of halogens is 3. The van der Waals surface area contributed by atoms with E-state index in [9.17, 15) is 14.0 Å². The zero-order chi connectivity index (χ0) is 23.5. The first kappa shape index (κ1) is 23.7. The highest BCUT2D eigenvalue weighted by molar-refractivity contribution is 7.10. The first-order valence-electron chi connectivity index (χ1n) is 10.6. The van der Waals surface area contributed by atoms with E-state index in [4.69, 9.17) is 23.2 Å². The second-order valence-corrected chi connectivity index (χ2v) is 10.0. The molecule has 0 spiro atoms. The van der Waals surface area contributed by atoms with Crippen molar-refractivity contribution in [1.82, 2.24) is 9.80 Å². The number of aryl methyl sites for hydroxylation is 1. The minimum Gasteiger partial charge on any atom is -0.332 e. The maximum atomic E-state index is 13.5. The third kappa shape index (κ3) is 5.94. The second-order valence-electron chi connectivity index (χ2n) is 8.20. The van der Waals surface area contributed by atoms with Crippen molar-refractivity contribution in [3.05, 3.63) is 91.3 Å². The third-order valence-corrected chi connectivity index (χ3v) is 7.41. The minimum absolute atomic E-state index is 0.0324. The van der Waals surface area contributed by atoms with Gasteiger partial charge in [-0.05, 0) is 72.7 Å². The van der Waals surface area contributed by atoms with Crippen LogP contribution in [0.1, 0.15) is 39.2 Å². The lowest BCUT2D eigenvalue weighted by Gasteiger charge is -2.28. The molecule has 172 valence electrons. The quantitative estimate of drug-likeness (QED) is 0.359. The van der Waals surface area contributed by atoms with Gasteiger partial charge in [0.25, 0.3) is 5.91 Å². The van der Waals surface area contributed by atoms with E-state index in [2.05, 4.69) is 0 Å². The Labute approximate surface area is 206 Å². The standard InChI is InChI=1S/C25H23Cl2FN2O2S/c1-16-10-11-33-23(16)14-29(13-17-2-5-19(28)6-3-17)24(31)15-30(20-7-8-20)25(32)18-4-9-21(26)22(27)12-18/h2-6,9-12,20H,7-8,13-15H2,1H3. The van der Waals surface area contributed by atoms with E-state index in [0.29, 0.717) is 28.7 Å². The van der Waals surface area contributed by atoms with Crippen molar-refractivity contribution in [1.29, 1.82) is 0 Å². The highest BCUT2D eigenvalue weighted by Crippen LogP contribution is 2.30. The van der Waals surface area contributed by atoms with Crippen LogP contribution in [-0.2, 0) is 17.9 Å². The van der Waals surface area contributed by atoms with Crippen molar-refractivity contribution in [2.24, 2.45) is 0 Å². The molecule has 0 bridgehead atoms. The maximum Gasteiger partial charge on any atom is 0.254 e. The van der Waals surface area contributed by atoms with Gasteiger partial charge < -0.3 is 9.80 Å². The van der Waals surface area contributed by atoms with E-state index in [-0.39, 0.29) is 30.2 Å². The average molecular weight is 505 g/mol. The Morgan fingerprint density at radius 2 is 1.76 bits per heavy atom. The topological polar surface area (TPSA) is 40.6 Å². The Hall–Kier alpha value is -2.41. The molecule has 1 fully saturated rings. The van der Waals surface area contributed by atoms with E-state index in [1.165, 1.54) is 18.2 Å². The van der Waals surface area contributed by atoms with E-state index in [1.54, 1.807) is 45.4 Å². The fraction of sp³-hybridized carbons (Fsp3) is 0.280. The van der Waals surface area contributed by atoms with E-state index in [1.807, 2.05) is 18.4 Å². The van der Waals surface area contributed by atoms with Crippen LogP contribution in [0.4, 0.5) is 4.39 Å². The molecule has 1 saturated carbocycles. The average Bonchev–Trinajstić information content (AvgIpc) is 3.56. The van der Waals surface area contributed by atoms with Crippen LogP contribution in [0.3, 0.4) is 0 Å². The van der Waals surface area contributed by atoms with E-state index >= 15 is 0 Å². The molecule has 0 radical (unpaired) electrons. The lowest BCUT2D eigenvalue weighted by atomic mass is 10.1. The molecule has 4 rings (SSSR count). The summed E-state index contributed by atoms with van der Waals surface area (Å²) in [5, 5.41) is 2.67. The molecule has 33 heavy (non-hydrogen) atoms. The van der Waals surface area contributed by atoms with Gasteiger partial charge in [0, 0.05) is 23.0 Å². The Balaban J connectivity index is 1.55. The van der Waals surface area contributed by atoms with Crippen molar-refractivity contribution < 1.29 is 14.0 Å². The summed E-state index contributed by atoms with van der Waals surface area (Å²) in [6.45, 7) is 2.74. The van der Waals surface area contributed by atoms with Crippen LogP contribution < -0.4 is 0 Å². The van der Waals surface area contributed by atoms with Gasteiger partial charge in [-0.2, -0.15) is 0 Å². The highest BCUT2D eigenvalue weighted by Gasteiger charge is 2.35. The molecule has 0 N–H and O–H groups in total. The minimum atomic E-state index is -0.321. The number of carbonyl (C=O) groups is 2. The van der Waals surface area contributed by atoms with E-state index < -0.39 is 0 Å². The van der Waals surface area contributed by atoms with Crippen molar-refractivity contribution in [2.45, 2.75) is 38.9 Å². The summed E-state index contributed by atoms with van der Waals surface area (Å²) in [6.07, 6.45) is 1.73. The summed E-state index contributed by atoms with van der Waals surface area (Å²) in [4.78, 5) is 31.1. The van der Waals surface area contributed by atoms with Gasteiger partial charge in [-0.1, -0.05) is 35.3 Å². The normalized spacial score (nSPS) is 13.1. The molecule has 3 aromatic rings. The number of hydrogen-bond donors (Lipinski definition) is 0. The molecule has 1 aromatic heterocycles. The first-order chi connectivity index (χ1) is 15.8. The molecule has 0 atom stereocenters. The molecule has 4 nitrogen and oxygen atoms in total. The Morgan fingerprint density at radius 1 is 1.03 bits per heavy atom. The summed E-state index contributed by atoms with van der Waals surface area (Å²) < 4.78 is 13.4. The number of thiophene rings is 1. The van der Waals surface area contributed by atoms with Crippen LogP contribution >= 0.6 is 34.5 Å². The predicted octanol–water partition coefficient (Wildman–Crippen LogP) is 6.34. The molecule has 0 aliphatic heterocycles. The van der Waals surface area contributed by atoms with Crippen molar-refractivity contribution in [2.75, 3.05) is 6.54 Å². The SMILES string of the molecule is Cc1ccsc1CN(Cc1ccc(F)cc1)C(=O)CN(C(=O)c1ccc(Cl)c(Cl)c1)C1CC1. The van der Waals surface area contributed by atoms with Gasteiger partial charge in [0.15, 0.2) is 0 Å². The number of benzene rings is 2. The molecule has 0 unspecified atom stereocenters. The maximum absolute atomic E-state index is 13.5. The molecule has 0 saturated heterocycles. The molecular formula is C25H23Cl2FN2O2S. The first-order valence-corrected chi connectivity index (χ1v) is 12.3.